The van der Waals surface area contributed by atoms with Crippen LogP contribution in [-0.4, -0.2) is 36.5 Å². The molecule has 1 spiro atoms. The van der Waals surface area contributed by atoms with Crippen LogP contribution >= 0.6 is 11.9 Å². The molecule has 1 aliphatic carbocycles. The molecule has 1 heterocycles. The van der Waals surface area contributed by atoms with Gasteiger partial charge in [0.15, 0.2) is 0 Å². The number of ether oxygens (including phenoxy) is 1. The molecule has 1 saturated carbocycles. The van der Waals surface area contributed by atoms with Crippen LogP contribution in [0.4, 0.5) is 11.4 Å². The number of carboxylic acid groups (broad SMARTS) is 1. The minimum absolute atomic E-state index is 0.387. The lowest BCUT2D eigenvalue weighted by Gasteiger charge is -2.34. The molecule has 1 saturated heterocycles. The van der Waals surface area contributed by atoms with Crippen molar-refractivity contribution in [2.24, 2.45) is 5.41 Å². The van der Waals surface area contributed by atoms with Gasteiger partial charge in [0.25, 0.3) is 0 Å². The van der Waals surface area contributed by atoms with Crippen molar-refractivity contribution in [1.82, 2.24) is 0 Å². The van der Waals surface area contributed by atoms with Crippen molar-refractivity contribution in [3.05, 3.63) is 59.7 Å². The van der Waals surface area contributed by atoms with Crippen LogP contribution in [0.1, 0.15) is 41.6 Å². The maximum absolute atomic E-state index is 11.7. The first kappa shape index (κ1) is 20.1. The Labute approximate surface area is 176 Å². The molecule has 0 amide bonds. The van der Waals surface area contributed by atoms with Crippen molar-refractivity contribution in [2.75, 3.05) is 35.1 Å². The van der Waals surface area contributed by atoms with Gasteiger partial charge in [0.1, 0.15) is 0 Å². The van der Waals surface area contributed by atoms with E-state index in [1.54, 1.807) is 18.0 Å². The first-order valence-corrected chi connectivity index (χ1v) is 11.3. The van der Waals surface area contributed by atoms with Gasteiger partial charge in [-0.05, 0) is 54.9 Å². The predicted molar refractivity (Wildman–Crippen MR) is 119 cm³/mol. The minimum atomic E-state index is -0.861. The monoisotopic (exact) mass is 412 g/mol. The summed E-state index contributed by atoms with van der Waals surface area (Å²) in [6, 6.07) is 15.7. The third kappa shape index (κ3) is 5.25. The van der Waals surface area contributed by atoms with E-state index in [4.69, 9.17) is 4.74 Å². The summed E-state index contributed by atoms with van der Waals surface area (Å²) in [5.41, 5.74) is 3.90. The quantitative estimate of drug-likeness (QED) is 0.444. The number of hydrogen-bond donors (Lipinski definition) is 2. The highest BCUT2D eigenvalue weighted by Gasteiger charge is 2.44. The molecule has 0 radical (unpaired) electrons. The van der Waals surface area contributed by atoms with E-state index >= 15 is 0 Å². The highest BCUT2D eigenvalue weighted by Crippen LogP contribution is 2.54. The van der Waals surface area contributed by atoms with E-state index in [0.29, 0.717) is 24.2 Å². The van der Waals surface area contributed by atoms with E-state index in [1.165, 1.54) is 31.2 Å². The number of carboxylic acids is 1. The van der Waals surface area contributed by atoms with Crippen LogP contribution in [0, 0.1) is 5.41 Å². The van der Waals surface area contributed by atoms with Crippen molar-refractivity contribution in [1.29, 1.82) is 0 Å². The van der Waals surface area contributed by atoms with Gasteiger partial charge in [-0.1, -0.05) is 42.3 Å². The van der Waals surface area contributed by atoms with Crippen LogP contribution < -0.4 is 9.62 Å². The van der Waals surface area contributed by atoms with Crippen LogP contribution in [0.2, 0.25) is 0 Å². The van der Waals surface area contributed by atoms with E-state index in [2.05, 4.69) is 21.8 Å². The maximum atomic E-state index is 11.7. The fourth-order valence-corrected chi connectivity index (χ4v) is 4.53. The molecule has 2 fully saturated rings. The average molecular weight is 413 g/mol. The lowest BCUT2D eigenvalue weighted by molar-refractivity contribution is 0.0697. The molecule has 5 nitrogen and oxygen atoms in total. The average Bonchev–Trinajstić information content (AvgIpc) is 3.50. The van der Waals surface area contributed by atoms with Crippen molar-refractivity contribution >= 4 is 29.3 Å². The molecular formula is C23H28N2O3S. The maximum Gasteiger partial charge on any atom is 0.337 e. The first-order valence-electron chi connectivity index (χ1n) is 10.3. The number of rotatable bonds is 9. The van der Waals surface area contributed by atoms with Gasteiger partial charge in [-0.3, -0.25) is 0 Å². The Morgan fingerprint density at radius 3 is 2.55 bits per heavy atom. The lowest BCUT2D eigenvalue weighted by Crippen LogP contribution is -2.35. The largest absolute Gasteiger partial charge is 0.478 e. The topological polar surface area (TPSA) is 61.8 Å². The molecule has 2 aromatic rings. The number of anilines is 2. The molecule has 2 aliphatic rings. The zero-order valence-corrected chi connectivity index (χ0v) is 17.4. The molecule has 154 valence electrons. The lowest BCUT2D eigenvalue weighted by atomic mass is 9.93. The summed E-state index contributed by atoms with van der Waals surface area (Å²) in [7, 11) is 0. The molecule has 4 rings (SSSR count). The fourth-order valence-electron chi connectivity index (χ4n) is 3.94. The summed E-state index contributed by atoms with van der Waals surface area (Å²) in [6.07, 6.45) is 5.04. The summed E-state index contributed by atoms with van der Waals surface area (Å²) in [6.45, 7) is 3.17. The zero-order chi connectivity index (χ0) is 20.1. The molecule has 6 heteroatoms. The summed E-state index contributed by atoms with van der Waals surface area (Å²) < 4.78 is 9.04. The Morgan fingerprint density at radius 2 is 1.86 bits per heavy atom. The standard InChI is InChI=1S/C23H28N2O3S/c26-22(27)20-7-6-19(16-21(20)25-12-10-23(8-9-23)11-13-25)24-29-15-14-28-17-18-4-2-1-3-5-18/h1-7,16,24H,8-15,17H2,(H,26,27). The second-order valence-electron chi connectivity index (χ2n) is 8.01. The van der Waals surface area contributed by atoms with E-state index in [1.807, 2.05) is 30.3 Å². The van der Waals surface area contributed by atoms with Crippen molar-refractivity contribution < 1.29 is 14.6 Å². The van der Waals surface area contributed by atoms with E-state index in [9.17, 15) is 9.90 Å². The van der Waals surface area contributed by atoms with E-state index in [0.717, 1.165) is 30.2 Å². The normalized spacial score (nSPS) is 17.3. The number of nitrogens with one attached hydrogen (secondary N) is 1. The van der Waals surface area contributed by atoms with Gasteiger partial charge in [-0.2, -0.15) is 0 Å². The van der Waals surface area contributed by atoms with Crippen molar-refractivity contribution in [3.8, 4) is 0 Å². The summed E-state index contributed by atoms with van der Waals surface area (Å²) in [5, 5.41) is 9.60. The molecule has 29 heavy (non-hydrogen) atoms. The molecule has 2 N–H and O–H groups in total. The van der Waals surface area contributed by atoms with Gasteiger partial charge in [-0.25, -0.2) is 4.79 Å². The number of carbonyl (C=O) groups is 1. The van der Waals surface area contributed by atoms with Gasteiger partial charge in [0.05, 0.1) is 24.5 Å². The number of aromatic carboxylic acids is 1. The molecule has 2 aromatic carbocycles. The van der Waals surface area contributed by atoms with Crippen LogP contribution in [0.5, 0.6) is 0 Å². The Hall–Kier alpha value is -2.18. The molecule has 0 aromatic heterocycles. The van der Waals surface area contributed by atoms with Gasteiger partial charge in [0.2, 0.25) is 0 Å². The highest BCUT2D eigenvalue weighted by molar-refractivity contribution is 8.00. The minimum Gasteiger partial charge on any atom is -0.478 e. The molecular weight excluding hydrogens is 384 g/mol. The van der Waals surface area contributed by atoms with Crippen molar-refractivity contribution in [3.63, 3.8) is 0 Å². The Morgan fingerprint density at radius 1 is 1.10 bits per heavy atom. The Balaban J connectivity index is 1.28. The number of benzene rings is 2. The molecule has 0 atom stereocenters. The van der Waals surface area contributed by atoms with Gasteiger partial charge in [-0.15, -0.1) is 0 Å². The van der Waals surface area contributed by atoms with E-state index in [-0.39, 0.29) is 0 Å². The second kappa shape index (κ2) is 9.09. The van der Waals surface area contributed by atoms with Crippen LogP contribution in [0.25, 0.3) is 0 Å². The van der Waals surface area contributed by atoms with Gasteiger partial charge >= 0.3 is 5.97 Å². The molecule has 1 aliphatic heterocycles. The third-order valence-electron chi connectivity index (χ3n) is 5.98. The number of piperidine rings is 1. The summed E-state index contributed by atoms with van der Waals surface area (Å²) >= 11 is 1.58. The summed E-state index contributed by atoms with van der Waals surface area (Å²) in [5.74, 6) is -0.0463. The number of nitrogens with zero attached hydrogens (tertiary/aromatic N) is 1. The highest BCUT2D eigenvalue weighted by atomic mass is 32.2. The summed E-state index contributed by atoms with van der Waals surface area (Å²) in [4.78, 5) is 13.9. The van der Waals surface area contributed by atoms with Crippen LogP contribution in [-0.2, 0) is 11.3 Å². The second-order valence-corrected chi connectivity index (χ2v) is 8.91. The Kier molecular flexibility index (Phi) is 6.31. The predicted octanol–water partition coefficient (Wildman–Crippen LogP) is 5.04. The van der Waals surface area contributed by atoms with E-state index < -0.39 is 5.97 Å². The van der Waals surface area contributed by atoms with Gasteiger partial charge in [0, 0.05) is 24.5 Å². The molecule has 0 bridgehead atoms. The number of hydrogen-bond acceptors (Lipinski definition) is 5. The fraction of sp³-hybridized carbons (Fsp3) is 0.435. The smallest absolute Gasteiger partial charge is 0.337 e. The third-order valence-corrected chi connectivity index (χ3v) is 6.73. The SMILES string of the molecule is O=C(O)c1ccc(NSCCOCc2ccccc2)cc1N1CCC2(CC1)CC2. The Bertz CT molecular complexity index is 829. The van der Waals surface area contributed by atoms with Crippen molar-refractivity contribution in [2.45, 2.75) is 32.3 Å². The van der Waals surface area contributed by atoms with Gasteiger partial charge < -0.3 is 19.5 Å². The van der Waals surface area contributed by atoms with Crippen LogP contribution in [0.15, 0.2) is 48.5 Å². The first-order chi connectivity index (χ1) is 14.2. The van der Waals surface area contributed by atoms with Crippen LogP contribution in [0.3, 0.4) is 0 Å². The molecule has 0 unspecified atom stereocenters. The zero-order valence-electron chi connectivity index (χ0n) is 16.6.